The Labute approximate surface area is 277 Å². The lowest BCUT2D eigenvalue weighted by Crippen LogP contribution is -2.59. The Morgan fingerprint density at radius 3 is 1.74 bits per heavy atom. The highest BCUT2D eigenvalue weighted by molar-refractivity contribution is 5.84. The van der Waals surface area contributed by atoms with E-state index in [1.54, 1.807) is 0 Å². The van der Waals surface area contributed by atoms with Gasteiger partial charge >= 0.3 is 17.9 Å². The van der Waals surface area contributed by atoms with Crippen LogP contribution < -0.4 is 0 Å². The molecule has 0 aromatic heterocycles. The smallest absolute Gasteiger partial charge is 0.324 e. The number of carbonyl (C=O) groups is 3. The van der Waals surface area contributed by atoms with Crippen molar-refractivity contribution in [3.63, 3.8) is 0 Å². The molecular formula is C40H43NO6. The van der Waals surface area contributed by atoms with Crippen LogP contribution in [0.2, 0.25) is 0 Å². The second-order valence-electron chi connectivity index (χ2n) is 13.1. The number of hydrogen-bond donors (Lipinski definition) is 0. The molecule has 4 aromatic carbocycles. The van der Waals surface area contributed by atoms with Crippen molar-refractivity contribution in [1.29, 1.82) is 0 Å². The number of benzene rings is 4. The van der Waals surface area contributed by atoms with Gasteiger partial charge in [-0.2, -0.15) is 0 Å². The molecule has 0 bridgehead atoms. The van der Waals surface area contributed by atoms with Crippen LogP contribution in [0.5, 0.6) is 0 Å². The van der Waals surface area contributed by atoms with Crippen molar-refractivity contribution in [1.82, 2.24) is 4.90 Å². The average Bonchev–Trinajstić information content (AvgIpc) is 3.33. The molecule has 0 fully saturated rings. The van der Waals surface area contributed by atoms with E-state index in [1.165, 1.54) is 13.8 Å². The molecule has 7 nitrogen and oxygen atoms in total. The van der Waals surface area contributed by atoms with Gasteiger partial charge in [0.2, 0.25) is 0 Å². The minimum absolute atomic E-state index is 0.208. The number of fused-ring (bicyclic) bond motifs is 3. The Bertz CT molecular complexity index is 1670. The fourth-order valence-electron chi connectivity index (χ4n) is 6.78. The quantitative estimate of drug-likeness (QED) is 0.127. The Hall–Kier alpha value is -4.75. The van der Waals surface area contributed by atoms with Crippen LogP contribution in [0.1, 0.15) is 63.8 Å². The van der Waals surface area contributed by atoms with Crippen LogP contribution in [0.25, 0.3) is 11.1 Å². The predicted molar refractivity (Wildman–Crippen MR) is 181 cm³/mol. The van der Waals surface area contributed by atoms with Gasteiger partial charge in [-0.25, -0.2) is 0 Å². The van der Waals surface area contributed by atoms with Gasteiger partial charge in [0.15, 0.2) is 0 Å². The molecule has 0 saturated heterocycles. The van der Waals surface area contributed by atoms with Gasteiger partial charge in [-0.15, -0.1) is 0 Å². The summed E-state index contributed by atoms with van der Waals surface area (Å²) in [5.41, 5.74) is 4.34. The number of rotatable bonds is 11. The van der Waals surface area contributed by atoms with Crippen LogP contribution in [-0.2, 0) is 40.7 Å². The third-order valence-electron chi connectivity index (χ3n) is 8.58. The standard InChI is InChI=1S/C40H43NO6/c1-27(36(46-29(3)43)26-45-28(2)42)37(38(44)47-39(4,5)6)41(25-30-17-9-7-10-18-30)40(31-19-11-8-12-20-31)34-23-15-13-21-32(34)33-22-14-16-24-35(33)40/h7-24,27,36-37H,25-26H2,1-6H3/t27-,36+,37-/m0/s1. The molecule has 0 unspecified atom stereocenters. The molecule has 0 heterocycles. The van der Waals surface area contributed by atoms with Crippen molar-refractivity contribution >= 4 is 17.9 Å². The molecule has 0 spiro atoms. The van der Waals surface area contributed by atoms with E-state index >= 15 is 0 Å². The number of hydrogen-bond acceptors (Lipinski definition) is 7. The molecule has 0 N–H and O–H groups in total. The maximum Gasteiger partial charge on any atom is 0.324 e. The molecule has 0 amide bonds. The van der Waals surface area contributed by atoms with Crippen LogP contribution in [0.3, 0.4) is 0 Å². The third-order valence-corrected chi connectivity index (χ3v) is 8.58. The average molecular weight is 634 g/mol. The summed E-state index contributed by atoms with van der Waals surface area (Å²) in [7, 11) is 0. The summed E-state index contributed by atoms with van der Waals surface area (Å²) in [4.78, 5) is 41.4. The Kier molecular flexibility index (Phi) is 9.96. The molecule has 3 atom stereocenters. The Morgan fingerprint density at radius 1 is 0.723 bits per heavy atom. The van der Waals surface area contributed by atoms with Crippen molar-refractivity contribution in [3.8, 4) is 11.1 Å². The molecule has 7 heteroatoms. The zero-order chi connectivity index (χ0) is 33.8. The summed E-state index contributed by atoms with van der Waals surface area (Å²) in [5, 5.41) is 0. The zero-order valence-electron chi connectivity index (χ0n) is 27.9. The van der Waals surface area contributed by atoms with Crippen LogP contribution in [-0.4, -0.2) is 47.2 Å². The lowest BCUT2D eigenvalue weighted by atomic mass is 9.76. The van der Waals surface area contributed by atoms with Crippen molar-refractivity contribution in [2.75, 3.05) is 6.61 Å². The summed E-state index contributed by atoms with van der Waals surface area (Å²) < 4.78 is 17.4. The van der Waals surface area contributed by atoms with E-state index in [0.717, 1.165) is 33.4 Å². The van der Waals surface area contributed by atoms with Crippen molar-refractivity contribution in [2.45, 2.75) is 71.4 Å². The minimum Gasteiger partial charge on any atom is -0.462 e. The lowest BCUT2D eigenvalue weighted by Gasteiger charge is -2.49. The maximum absolute atomic E-state index is 14.8. The van der Waals surface area contributed by atoms with Gasteiger partial charge < -0.3 is 14.2 Å². The third kappa shape index (κ3) is 7.00. The maximum atomic E-state index is 14.8. The highest BCUT2D eigenvalue weighted by Gasteiger charge is 2.55. The summed E-state index contributed by atoms with van der Waals surface area (Å²) in [5.74, 6) is -2.21. The normalized spacial score (nSPS) is 15.1. The molecule has 4 aromatic rings. The predicted octanol–water partition coefficient (Wildman–Crippen LogP) is 7.30. The second kappa shape index (κ2) is 13.9. The SMILES string of the molecule is CC(=O)OC[C@@H](OC(C)=O)[C@H](C)[C@@H](C(=O)OC(C)(C)C)N(Cc1ccccc1)C1(c2ccccc2)c2ccccc2-c2ccccc21. The first-order valence-corrected chi connectivity index (χ1v) is 16.0. The highest BCUT2D eigenvalue weighted by atomic mass is 16.6. The largest absolute Gasteiger partial charge is 0.462 e. The zero-order valence-corrected chi connectivity index (χ0v) is 27.9. The van der Waals surface area contributed by atoms with Crippen LogP contribution in [0, 0.1) is 5.92 Å². The Morgan fingerprint density at radius 2 is 1.23 bits per heavy atom. The van der Waals surface area contributed by atoms with E-state index in [1.807, 2.05) is 100 Å². The fraction of sp³-hybridized carbons (Fsp3) is 0.325. The van der Waals surface area contributed by atoms with E-state index in [9.17, 15) is 14.4 Å². The molecule has 5 rings (SSSR count). The summed E-state index contributed by atoms with van der Waals surface area (Å²) >= 11 is 0. The minimum atomic E-state index is -0.978. The van der Waals surface area contributed by atoms with E-state index < -0.39 is 47.1 Å². The van der Waals surface area contributed by atoms with E-state index in [0.29, 0.717) is 6.54 Å². The van der Waals surface area contributed by atoms with E-state index in [-0.39, 0.29) is 6.61 Å². The summed E-state index contributed by atoms with van der Waals surface area (Å²) in [6, 6.07) is 35.8. The molecule has 0 aliphatic heterocycles. The van der Waals surface area contributed by atoms with E-state index in [4.69, 9.17) is 14.2 Å². The van der Waals surface area contributed by atoms with Crippen LogP contribution in [0.4, 0.5) is 0 Å². The molecule has 0 saturated carbocycles. The fourth-order valence-corrected chi connectivity index (χ4v) is 6.78. The number of esters is 3. The van der Waals surface area contributed by atoms with Crippen molar-refractivity contribution in [2.24, 2.45) is 5.92 Å². The summed E-state index contributed by atoms with van der Waals surface area (Å²) in [6.45, 7) is 10.1. The van der Waals surface area contributed by atoms with Gasteiger partial charge in [-0.1, -0.05) is 116 Å². The van der Waals surface area contributed by atoms with Gasteiger partial charge in [0.1, 0.15) is 24.4 Å². The van der Waals surface area contributed by atoms with E-state index in [2.05, 4.69) is 41.3 Å². The molecule has 47 heavy (non-hydrogen) atoms. The van der Waals surface area contributed by atoms with Crippen molar-refractivity contribution in [3.05, 3.63) is 131 Å². The van der Waals surface area contributed by atoms with Crippen molar-refractivity contribution < 1.29 is 28.6 Å². The highest BCUT2D eigenvalue weighted by Crippen LogP contribution is 2.56. The Balaban J connectivity index is 1.85. The molecule has 1 aliphatic carbocycles. The topological polar surface area (TPSA) is 82.1 Å². The molecular weight excluding hydrogens is 590 g/mol. The lowest BCUT2D eigenvalue weighted by molar-refractivity contribution is -0.175. The van der Waals surface area contributed by atoms with Gasteiger partial charge in [0.25, 0.3) is 0 Å². The first-order chi connectivity index (χ1) is 22.4. The molecule has 1 aliphatic rings. The van der Waals surface area contributed by atoms with Gasteiger partial charge in [0.05, 0.1) is 5.54 Å². The number of carbonyl (C=O) groups excluding carboxylic acids is 3. The van der Waals surface area contributed by atoms with Gasteiger partial charge in [0, 0.05) is 26.3 Å². The number of nitrogens with zero attached hydrogens (tertiary/aromatic N) is 1. The second-order valence-corrected chi connectivity index (χ2v) is 13.1. The van der Waals surface area contributed by atoms with Crippen LogP contribution in [0.15, 0.2) is 109 Å². The first kappa shape index (κ1) is 33.6. The number of ether oxygens (including phenoxy) is 3. The monoisotopic (exact) mass is 633 g/mol. The molecule has 0 radical (unpaired) electrons. The van der Waals surface area contributed by atoms with Crippen LogP contribution >= 0.6 is 0 Å². The first-order valence-electron chi connectivity index (χ1n) is 16.0. The molecule has 244 valence electrons. The van der Waals surface area contributed by atoms with Gasteiger partial charge in [-0.3, -0.25) is 19.3 Å². The summed E-state index contributed by atoms with van der Waals surface area (Å²) in [6.07, 6.45) is -0.938. The van der Waals surface area contributed by atoms with Gasteiger partial charge in [-0.05, 0) is 54.2 Å².